The molecule has 2 aromatic carbocycles. The zero-order valence-corrected chi connectivity index (χ0v) is 11.3. The van der Waals surface area contributed by atoms with Crippen LogP contribution in [0.25, 0.3) is 22.6 Å². The minimum absolute atomic E-state index is 0.278. The van der Waals surface area contributed by atoms with Gasteiger partial charge in [-0.05, 0) is 18.2 Å². The maximum Gasteiger partial charge on any atom is 0.139 e. The fourth-order valence-corrected chi connectivity index (χ4v) is 2.21. The molecule has 0 aliphatic rings. The summed E-state index contributed by atoms with van der Waals surface area (Å²) in [5.74, 6) is 0.400. The van der Waals surface area contributed by atoms with E-state index in [2.05, 4.69) is 9.97 Å². The molecular formula is C16H11FN2S. The summed E-state index contributed by atoms with van der Waals surface area (Å²) in [6.45, 7) is 0. The Morgan fingerprint density at radius 3 is 2.40 bits per heavy atom. The van der Waals surface area contributed by atoms with Crippen LogP contribution in [0.2, 0.25) is 0 Å². The van der Waals surface area contributed by atoms with E-state index in [-0.39, 0.29) is 5.82 Å². The molecule has 0 amide bonds. The normalized spacial score (nSPS) is 10.4. The Bertz CT molecular complexity index is 797. The molecule has 0 spiro atoms. The number of benzene rings is 2. The molecule has 0 saturated heterocycles. The molecule has 0 bridgehead atoms. The molecule has 1 N–H and O–H groups in total. The molecule has 3 aromatic rings. The van der Waals surface area contributed by atoms with E-state index in [1.807, 2.05) is 36.4 Å². The molecule has 0 radical (unpaired) electrons. The van der Waals surface area contributed by atoms with E-state index in [9.17, 15) is 4.39 Å². The van der Waals surface area contributed by atoms with Crippen molar-refractivity contribution in [2.75, 3.05) is 0 Å². The fraction of sp³-hybridized carbons (Fsp3) is 0. The molecule has 0 aliphatic heterocycles. The lowest BCUT2D eigenvalue weighted by molar-refractivity contribution is 0.628. The van der Waals surface area contributed by atoms with Crippen LogP contribution in [-0.2, 0) is 0 Å². The van der Waals surface area contributed by atoms with Gasteiger partial charge in [0.05, 0.1) is 5.69 Å². The van der Waals surface area contributed by atoms with Crippen molar-refractivity contribution in [2.45, 2.75) is 0 Å². The number of aromatic nitrogens is 2. The SMILES string of the molecule is Fc1cccc(-c2cc(=S)nc(-c3ccccc3)[nH]2)c1. The van der Waals surface area contributed by atoms with E-state index in [0.29, 0.717) is 10.5 Å². The first-order valence-corrected chi connectivity index (χ1v) is 6.56. The van der Waals surface area contributed by atoms with Gasteiger partial charge in [-0.15, -0.1) is 0 Å². The number of hydrogen-bond donors (Lipinski definition) is 1. The molecule has 0 atom stereocenters. The molecule has 0 aliphatic carbocycles. The van der Waals surface area contributed by atoms with Crippen LogP contribution >= 0.6 is 12.2 Å². The van der Waals surface area contributed by atoms with E-state index in [1.54, 1.807) is 12.1 Å². The van der Waals surface area contributed by atoms with Gasteiger partial charge >= 0.3 is 0 Å². The van der Waals surface area contributed by atoms with Crippen LogP contribution in [0, 0.1) is 10.5 Å². The van der Waals surface area contributed by atoms with E-state index < -0.39 is 0 Å². The number of rotatable bonds is 2. The van der Waals surface area contributed by atoms with Gasteiger partial charge in [0.15, 0.2) is 0 Å². The molecule has 1 aromatic heterocycles. The summed E-state index contributed by atoms with van der Waals surface area (Å²) in [6.07, 6.45) is 0. The highest BCUT2D eigenvalue weighted by Crippen LogP contribution is 2.21. The molecular weight excluding hydrogens is 271 g/mol. The molecule has 1 heterocycles. The van der Waals surface area contributed by atoms with E-state index in [1.165, 1.54) is 12.1 Å². The Hall–Kier alpha value is -2.33. The van der Waals surface area contributed by atoms with Crippen LogP contribution < -0.4 is 0 Å². The Labute approximate surface area is 121 Å². The summed E-state index contributed by atoms with van der Waals surface area (Å²) in [4.78, 5) is 7.52. The van der Waals surface area contributed by atoms with Crippen LogP contribution in [0.4, 0.5) is 4.39 Å². The summed E-state index contributed by atoms with van der Waals surface area (Å²) < 4.78 is 13.8. The molecule has 2 nitrogen and oxygen atoms in total. The van der Waals surface area contributed by atoms with E-state index in [0.717, 1.165) is 16.8 Å². The van der Waals surface area contributed by atoms with Gasteiger partial charge in [-0.3, -0.25) is 0 Å². The Kier molecular flexibility index (Phi) is 3.39. The third-order valence-electron chi connectivity index (χ3n) is 2.93. The van der Waals surface area contributed by atoms with Crippen molar-refractivity contribution >= 4 is 12.2 Å². The number of hydrogen-bond acceptors (Lipinski definition) is 2. The first-order chi connectivity index (χ1) is 9.72. The number of H-pyrrole nitrogens is 1. The highest BCUT2D eigenvalue weighted by Gasteiger charge is 2.04. The maximum absolute atomic E-state index is 13.3. The Balaban J connectivity index is 2.15. The van der Waals surface area contributed by atoms with Gasteiger partial charge in [-0.25, -0.2) is 9.37 Å². The van der Waals surface area contributed by atoms with E-state index in [4.69, 9.17) is 12.2 Å². The first kappa shape index (κ1) is 12.7. The summed E-state index contributed by atoms with van der Waals surface area (Å²) >= 11 is 5.20. The topological polar surface area (TPSA) is 28.7 Å². The monoisotopic (exact) mass is 282 g/mol. The van der Waals surface area contributed by atoms with Gasteiger partial charge in [0.2, 0.25) is 0 Å². The van der Waals surface area contributed by atoms with Crippen molar-refractivity contribution in [3.63, 3.8) is 0 Å². The van der Waals surface area contributed by atoms with Gasteiger partial charge in [0.1, 0.15) is 16.3 Å². The standard InChI is InChI=1S/C16H11FN2S/c17-13-8-4-7-12(9-13)14-10-15(20)19-16(18-14)11-5-2-1-3-6-11/h1-10H,(H,18,19,20). The van der Waals surface area contributed by atoms with Crippen LogP contribution in [0.1, 0.15) is 0 Å². The summed E-state index contributed by atoms with van der Waals surface area (Å²) in [6, 6.07) is 17.8. The molecule has 0 fully saturated rings. The molecule has 3 rings (SSSR count). The Morgan fingerprint density at radius 2 is 1.65 bits per heavy atom. The maximum atomic E-state index is 13.3. The minimum atomic E-state index is -0.278. The van der Waals surface area contributed by atoms with Crippen LogP contribution in [-0.4, -0.2) is 9.97 Å². The van der Waals surface area contributed by atoms with Crippen LogP contribution in [0.15, 0.2) is 60.7 Å². The third kappa shape index (κ3) is 2.65. The quantitative estimate of drug-likeness (QED) is 0.695. The Morgan fingerprint density at radius 1 is 0.900 bits per heavy atom. The smallest absolute Gasteiger partial charge is 0.139 e. The van der Waals surface area contributed by atoms with Gasteiger partial charge in [0, 0.05) is 11.1 Å². The van der Waals surface area contributed by atoms with Gasteiger partial charge in [0.25, 0.3) is 0 Å². The molecule has 0 saturated carbocycles. The summed E-state index contributed by atoms with van der Waals surface area (Å²) in [5.41, 5.74) is 2.44. The van der Waals surface area contributed by atoms with Crippen molar-refractivity contribution < 1.29 is 4.39 Å². The molecule has 4 heteroatoms. The van der Waals surface area contributed by atoms with Crippen molar-refractivity contribution in [1.29, 1.82) is 0 Å². The number of nitrogens with one attached hydrogen (secondary N) is 1. The number of nitrogens with zero attached hydrogens (tertiary/aromatic N) is 1. The second kappa shape index (κ2) is 5.35. The lowest BCUT2D eigenvalue weighted by Gasteiger charge is -2.06. The van der Waals surface area contributed by atoms with Gasteiger partial charge in [-0.2, -0.15) is 0 Å². The average molecular weight is 282 g/mol. The highest BCUT2D eigenvalue weighted by molar-refractivity contribution is 7.71. The zero-order valence-electron chi connectivity index (χ0n) is 10.5. The third-order valence-corrected chi connectivity index (χ3v) is 3.13. The lowest BCUT2D eigenvalue weighted by Crippen LogP contribution is -1.93. The molecule has 0 unspecified atom stereocenters. The van der Waals surface area contributed by atoms with Crippen LogP contribution in [0.5, 0.6) is 0 Å². The average Bonchev–Trinajstić information content (AvgIpc) is 2.47. The number of aromatic amines is 1. The zero-order chi connectivity index (χ0) is 13.9. The highest BCUT2D eigenvalue weighted by atomic mass is 32.1. The minimum Gasteiger partial charge on any atom is -0.339 e. The van der Waals surface area contributed by atoms with Gasteiger partial charge < -0.3 is 4.98 Å². The predicted octanol–water partition coefficient (Wildman–Crippen LogP) is 4.61. The molecule has 98 valence electrons. The predicted molar refractivity (Wildman–Crippen MR) is 80.3 cm³/mol. The van der Waals surface area contributed by atoms with E-state index >= 15 is 0 Å². The summed E-state index contributed by atoms with van der Waals surface area (Å²) in [5, 5.41) is 0. The fourth-order valence-electron chi connectivity index (χ4n) is 2.00. The van der Waals surface area contributed by atoms with Crippen LogP contribution in [0.3, 0.4) is 0 Å². The number of halogens is 1. The largest absolute Gasteiger partial charge is 0.339 e. The van der Waals surface area contributed by atoms with Crippen molar-refractivity contribution in [3.05, 3.63) is 71.1 Å². The summed E-state index contributed by atoms with van der Waals surface area (Å²) in [7, 11) is 0. The van der Waals surface area contributed by atoms with Crippen molar-refractivity contribution in [1.82, 2.24) is 9.97 Å². The van der Waals surface area contributed by atoms with Crippen molar-refractivity contribution in [3.8, 4) is 22.6 Å². The second-order valence-corrected chi connectivity index (χ2v) is 4.78. The lowest BCUT2D eigenvalue weighted by atomic mass is 10.1. The van der Waals surface area contributed by atoms with Crippen molar-refractivity contribution in [2.24, 2.45) is 0 Å². The first-order valence-electron chi connectivity index (χ1n) is 6.15. The van der Waals surface area contributed by atoms with Gasteiger partial charge in [-0.1, -0.05) is 54.7 Å². The second-order valence-electron chi connectivity index (χ2n) is 4.36. The molecule has 20 heavy (non-hydrogen) atoms.